The van der Waals surface area contributed by atoms with Crippen molar-refractivity contribution in [3.8, 4) is 5.69 Å². The first-order chi connectivity index (χ1) is 12.3. The van der Waals surface area contributed by atoms with Crippen LogP contribution in [0.15, 0.2) is 21.9 Å². The highest BCUT2D eigenvalue weighted by Gasteiger charge is 2.25. The Kier molecular flexibility index (Phi) is 4.69. The highest BCUT2D eigenvalue weighted by Crippen LogP contribution is 2.20. The normalized spacial score (nSPS) is 16.6. The van der Waals surface area contributed by atoms with Crippen LogP contribution in [0.2, 0.25) is 0 Å². The number of aryl methyl sites for hydroxylation is 3. The molecular weight excluding hydrogens is 326 g/mol. The summed E-state index contributed by atoms with van der Waals surface area (Å²) in [6.07, 6.45) is 1.83. The Hall–Kier alpha value is -2.50. The molecule has 3 rings (SSSR count). The minimum Gasteiger partial charge on any atom is -0.352 e. The third kappa shape index (κ3) is 2.64. The van der Waals surface area contributed by atoms with Gasteiger partial charge in [0.05, 0.1) is 5.69 Å². The zero-order valence-electron chi connectivity index (χ0n) is 16.6. The van der Waals surface area contributed by atoms with E-state index >= 15 is 0 Å². The molecule has 0 fully saturated rings. The van der Waals surface area contributed by atoms with Crippen molar-refractivity contribution in [2.45, 2.75) is 60.5 Å². The molecule has 140 valence electrons. The molecule has 6 heteroatoms. The van der Waals surface area contributed by atoms with Crippen molar-refractivity contribution in [2.75, 3.05) is 12.4 Å². The Balaban J connectivity index is 2.49. The van der Waals surface area contributed by atoms with Gasteiger partial charge in [0, 0.05) is 12.2 Å². The lowest BCUT2D eigenvalue weighted by molar-refractivity contribution is 0.307. The van der Waals surface area contributed by atoms with Crippen molar-refractivity contribution in [1.29, 1.82) is 0 Å². The van der Waals surface area contributed by atoms with Gasteiger partial charge in [-0.05, 0) is 52.2 Å². The molecule has 2 N–H and O–H groups in total. The summed E-state index contributed by atoms with van der Waals surface area (Å²) < 4.78 is 2.97. The van der Waals surface area contributed by atoms with E-state index in [1.165, 1.54) is 10.2 Å². The topological polar surface area (TPSA) is 68.5 Å². The average molecular weight is 355 g/mol. The van der Waals surface area contributed by atoms with Gasteiger partial charge in [0.2, 0.25) is 0 Å². The van der Waals surface area contributed by atoms with Crippen LogP contribution in [0.5, 0.6) is 0 Å². The van der Waals surface area contributed by atoms with E-state index in [-0.39, 0.29) is 11.9 Å². The third-order valence-electron chi connectivity index (χ3n) is 5.13. The maximum Gasteiger partial charge on any atom is 0.353 e. The first kappa shape index (κ1) is 18.3. The maximum absolute atomic E-state index is 13.1. The molecule has 1 aliphatic heterocycles. The Bertz CT molecular complexity index is 1000. The van der Waals surface area contributed by atoms with Crippen LogP contribution in [-0.4, -0.2) is 26.9 Å². The summed E-state index contributed by atoms with van der Waals surface area (Å²) in [7, 11) is 0. The van der Waals surface area contributed by atoms with Gasteiger partial charge in [-0.2, -0.15) is 0 Å². The standard InChI is InChI=1S/C20H29N5O/c1-7-9-16-18-19(22-15(6)23(16)8-2)24(20(26)25(18)21)17-13(4)10-12(3)11-14(17)5/h10-11,15H,7-9,21H2,1-6H3. The van der Waals surface area contributed by atoms with Gasteiger partial charge in [-0.25, -0.2) is 19.0 Å². The number of nitrogen functional groups attached to an aromatic ring is 1. The molecule has 0 saturated carbocycles. The molecule has 1 aromatic heterocycles. The molecule has 2 heterocycles. The number of nitrogens with two attached hydrogens (primary N) is 1. The summed E-state index contributed by atoms with van der Waals surface area (Å²) in [6.45, 7) is 13.3. The largest absolute Gasteiger partial charge is 0.353 e. The summed E-state index contributed by atoms with van der Waals surface area (Å²) in [6, 6.07) is 4.19. The van der Waals surface area contributed by atoms with E-state index in [1.807, 2.05) is 13.8 Å². The van der Waals surface area contributed by atoms with Crippen LogP contribution in [0.25, 0.3) is 11.4 Å². The van der Waals surface area contributed by atoms with Crippen molar-refractivity contribution in [3.63, 3.8) is 0 Å². The van der Waals surface area contributed by atoms with E-state index in [4.69, 9.17) is 10.8 Å². The number of benzene rings is 1. The molecular formula is C20H29N5O. The maximum atomic E-state index is 13.1. The Labute approximate surface area is 154 Å². The first-order valence-corrected chi connectivity index (χ1v) is 9.36. The Morgan fingerprint density at radius 2 is 1.77 bits per heavy atom. The van der Waals surface area contributed by atoms with Crippen molar-refractivity contribution >= 4 is 5.70 Å². The molecule has 0 bridgehead atoms. The minimum atomic E-state index is -0.243. The molecule has 26 heavy (non-hydrogen) atoms. The van der Waals surface area contributed by atoms with E-state index in [0.717, 1.165) is 47.2 Å². The van der Waals surface area contributed by atoms with Gasteiger partial charge in [-0.1, -0.05) is 31.0 Å². The quantitative estimate of drug-likeness (QED) is 0.845. The minimum absolute atomic E-state index is 0.0202. The van der Waals surface area contributed by atoms with Crippen LogP contribution in [0, 0.1) is 20.8 Å². The Morgan fingerprint density at radius 1 is 1.15 bits per heavy atom. The van der Waals surface area contributed by atoms with Crippen LogP contribution in [0.4, 0.5) is 0 Å². The van der Waals surface area contributed by atoms with E-state index in [9.17, 15) is 4.79 Å². The molecule has 6 nitrogen and oxygen atoms in total. The molecule has 2 aromatic rings. The number of hydrogen-bond acceptors (Lipinski definition) is 4. The molecule has 0 spiro atoms. The van der Waals surface area contributed by atoms with Gasteiger partial charge in [0.15, 0.2) is 5.49 Å². The smallest absolute Gasteiger partial charge is 0.352 e. The highest BCUT2D eigenvalue weighted by molar-refractivity contribution is 5.50. The molecule has 1 aliphatic rings. The zero-order chi connectivity index (χ0) is 19.2. The van der Waals surface area contributed by atoms with Gasteiger partial charge in [0.25, 0.3) is 0 Å². The second-order valence-corrected chi connectivity index (χ2v) is 7.15. The molecule has 0 saturated heterocycles. The van der Waals surface area contributed by atoms with Gasteiger partial charge in [-0.3, -0.25) is 0 Å². The summed E-state index contributed by atoms with van der Waals surface area (Å²) in [5, 5.41) is 0.746. The average Bonchev–Trinajstić information content (AvgIpc) is 2.79. The van der Waals surface area contributed by atoms with Crippen LogP contribution >= 0.6 is 0 Å². The van der Waals surface area contributed by atoms with E-state index in [2.05, 4.69) is 44.7 Å². The van der Waals surface area contributed by atoms with Crippen molar-refractivity contribution in [3.05, 3.63) is 50.1 Å². The van der Waals surface area contributed by atoms with E-state index < -0.39 is 0 Å². The van der Waals surface area contributed by atoms with Crippen LogP contribution in [0.3, 0.4) is 0 Å². The lowest BCUT2D eigenvalue weighted by Crippen LogP contribution is -2.49. The Morgan fingerprint density at radius 3 is 2.31 bits per heavy atom. The predicted molar refractivity (Wildman–Crippen MR) is 105 cm³/mol. The third-order valence-corrected chi connectivity index (χ3v) is 5.13. The SMILES string of the molecule is CCCC1=c2c(n(-c3c(C)cc(C)cc3C)c(=O)n2N)=NC(C)N1CC. The number of hydrogen-bond donors (Lipinski definition) is 1. The van der Waals surface area contributed by atoms with Gasteiger partial charge in [-0.15, -0.1) is 0 Å². The second-order valence-electron chi connectivity index (χ2n) is 7.15. The molecule has 1 atom stereocenters. The van der Waals surface area contributed by atoms with Crippen LogP contribution in [0.1, 0.15) is 50.3 Å². The molecule has 0 aliphatic carbocycles. The number of nitrogens with zero attached hydrogens (tertiary/aromatic N) is 4. The number of rotatable bonds is 4. The fourth-order valence-corrected chi connectivity index (χ4v) is 4.18. The number of imidazole rings is 1. The highest BCUT2D eigenvalue weighted by atomic mass is 16.2. The molecule has 0 amide bonds. The van der Waals surface area contributed by atoms with Crippen molar-refractivity contribution < 1.29 is 0 Å². The lowest BCUT2D eigenvalue weighted by atomic mass is 10.0. The zero-order valence-corrected chi connectivity index (χ0v) is 16.6. The van der Waals surface area contributed by atoms with Crippen molar-refractivity contribution in [1.82, 2.24) is 14.1 Å². The van der Waals surface area contributed by atoms with Crippen LogP contribution < -0.4 is 22.4 Å². The summed E-state index contributed by atoms with van der Waals surface area (Å²) >= 11 is 0. The van der Waals surface area contributed by atoms with Crippen LogP contribution in [-0.2, 0) is 0 Å². The van der Waals surface area contributed by atoms with E-state index in [0.29, 0.717) is 5.49 Å². The number of aromatic nitrogens is 2. The monoisotopic (exact) mass is 355 g/mol. The second kappa shape index (κ2) is 6.67. The first-order valence-electron chi connectivity index (χ1n) is 9.36. The fraction of sp³-hybridized carbons (Fsp3) is 0.500. The van der Waals surface area contributed by atoms with Crippen molar-refractivity contribution in [2.24, 2.45) is 4.99 Å². The lowest BCUT2D eigenvalue weighted by Gasteiger charge is -2.31. The summed E-state index contributed by atoms with van der Waals surface area (Å²) in [5.74, 6) is 6.25. The van der Waals surface area contributed by atoms with Gasteiger partial charge in [0.1, 0.15) is 11.5 Å². The molecule has 0 radical (unpaired) electrons. The summed E-state index contributed by atoms with van der Waals surface area (Å²) in [5.41, 5.74) is 5.71. The fourth-order valence-electron chi connectivity index (χ4n) is 4.18. The van der Waals surface area contributed by atoms with E-state index in [1.54, 1.807) is 4.57 Å². The summed E-state index contributed by atoms with van der Waals surface area (Å²) in [4.78, 5) is 20.2. The number of fused-ring (bicyclic) bond motifs is 1. The molecule has 1 unspecified atom stereocenters. The van der Waals surface area contributed by atoms with Gasteiger partial charge >= 0.3 is 5.69 Å². The predicted octanol–water partition coefficient (Wildman–Crippen LogP) is 1.49. The van der Waals surface area contributed by atoms with Gasteiger partial charge < -0.3 is 10.7 Å². The molecule has 1 aromatic carbocycles.